The molecule has 0 bridgehead atoms. The third-order valence-electron chi connectivity index (χ3n) is 3.24. The number of rotatable bonds is 4. The Morgan fingerprint density at radius 3 is 2.60 bits per heavy atom. The van der Waals surface area contributed by atoms with E-state index in [4.69, 9.17) is 5.73 Å². The van der Waals surface area contributed by atoms with Crippen LogP contribution in [0.1, 0.15) is 5.56 Å². The molecule has 1 aliphatic rings. The summed E-state index contributed by atoms with van der Waals surface area (Å²) in [6.07, 6.45) is -0.368. The first-order chi connectivity index (χ1) is 9.54. The zero-order valence-corrected chi connectivity index (χ0v) is 11.0. The Bertz CT molecular complexity index is 520. The first-order valence-corrected chi connectivity index (χ1v) is 6.13. The number of amides is 4. The molecule has 1 fully saturated rings. The predicted molar refractivity (Wildman–Crippen MR) is 71.1 cm³/mol. The molecule has 2 atom stereocenters. The summed E-state index contributed by atoms with van der Waals surface area (Å²) in [5.74, 6) is -0.568. The Morgan fingerprint density at radius 1 is 1.35 bits per heavy atom. The molecule has 1 aliphatic heterocycles. The number of imide groups is 1. The van der Waals surface area contributed by atoms with Crippen molar-refractivity contribution in [2.24, 2.45) is 5.73 Å². The van der Waals surface area contributed by atoms with Crippen LogP contribution in [0.25, 0.3) is 0 Å². The molecule has 0 aliphatic carbocycles. The van der Waals surface area contributed by atoms with E-state index in [1.165, 1.54) is 11.9 Å². The largest absolute Gasteiger partial charge is 0.333 e. The smallest absolute Gasteiger partial charge is 0.325 e. The van der Waals surface area contributed by atoms with Gasteiger partial charge in [-0.1, -0.05) is 30.3 Å². The minimum atomic E-state index is -0.895. The fourth-order valence-electron chi connectivity index (χ4n) is 2.16. The molecule has 2 unspecified atom stereocenters. The molecule has 0 saturated carbocycles. The maximum absolute atomic E-state index is 11.9. The van der Waals surface area contributed by atoms with Gasteiger partial charge in [0, 0.05) is 13.6 Å². The SMILES string of the molecule is CN(C=O)C1C(=O)NC(=O)N(Cc2ccccc2)C1N. The molecule has 1 aromatic carbocycles. The highest BCUT2D eigenvalue weighted by Crippen LogP contribution is 2.15. The highest BCUT2D eigenvalue weighted by Gasteiger charge is 2.41. The van der Waals surface area contributed by atoms with Gasteiger partial charge in [-0.2, -0.15) is 0 Å². The van der Waals surface area contributed by atoms with Crippen LogP contribution in [-0.4, -0.2) is 47.4 Å². The molecule has 7 heteroatoms. The van der Waals surface area contributed by atoms with Crippen molar-refractivity contribution in [3.8, 4) is 0 Å². The molecule has 1 heterocycles. The van der Waals surface area contributed by atoms with Crippen molar-refractivity contribution in [3.05, 3.63) is 35.9 Å². The Labute approximate surface area is 116 Å². The topological polar surface area (TPSA) is 95.7 Å². The van der Waals surface area contributed by atoms with Gasteiger partial charge in [-0.15, -0.1) is 0 Å². The minimum absolute atomic E-state index is 0.268. The number of nitrogens with zero attached hydrogens (tertiary/aromatic N) is 2. The number of carbonyl (C=O) groups is 3. The third-order valence-corrected chi connectivity index (χ3v) is 3.24. The fourth-order valence-corrected chi connectivity index (χ4v) is 2.16. The normalized spacial score (nSPS) is 22.4. The Hall–Kier alpha value is -2.41. The monoisotopic (exact) mass is 276 g/mol. The average molecular weight is 276 g/mol. The molecule has 4 amide bonds. The van der Waals surface area contributed by atoms with E-state index in [0.717, 1.165) is 10.5 Å². The lowest BCUT2D eigenvalue weighted by molar-refractivity contribution is -0.135. The quantitative estimate of drug-likeness (QED) is 0.723. The first kappa shape index (κ1) is 14.0. The number of benzene rings is 1. The second kappa shape index (κ2) is 5.70. The summed E-state index contributed by atoms with van der Waals surface area (Å²) < 4.78 is 0. The van der Waals surface area contributed by atoms with Gasteiger partial charge in [-0.25, -0.2) is 4.79 Å². The minimum Gasteiger partial charge on any atom is -0.333 e. The zero-order valence-electron chi connectivity index (χ0n) is 11.0. The van der Waals surface area contributed by atoms with Crippen LogP contribution in [0.2, 0.25) is 0 Å². The van der Waals surface area contributed by atoms with Crippen LogP contribution >= 0.6 is 0 Å². The molecule has 0 aromatic heterocycles. The van der Waals surface area contributed by atoms with E-state index in [9.17, 15) is 14.4 Å². The number of nitrogens with two attached hydrogens (primary N) is 1. The van der Waals surface area contributed by atoms with Crippen LogP contribution in [0.15, 0.2) is 30.3 Å². The maximum atomic E-state index is 11.9. The molecule has 1 aromatic rings. The predicted octanol–water partition coefficient (Wildman–Crippen LogP) is -0.520. The van der Waals surface area contributed by atoms with Crippen LogP contribution in [-0.2, 0) is 16.1 Å². The van der Waals surface area contributed by atoms with Crippen molar-refractivity contribution in [1.82, 2.24) is 15.1 Å². The second-order valence-electron chi connectivity index (χ2n) is 4.61. The molecule has 2 rings (SSSR count). The number of likely N-dealkylation sites (N-methyl/N-ethyl adjacent to an activating group) is 1. The standard InChI is InChI=1S/C13H16N4O3/c1-16(8-18)10-11(14)17(13(20)15-12(10)19)7-9-5-3-2-4-6-9/h2-6,8,10-11H,7,14H2,1H3,(H,15,19,20). The van der Waals surface area contributed by atoms with E-state index in [2.05, 4.69) is 5.32 Å². The first-order valence-electron chi connectivity index (χ1n) is 6.13. The van der Waals surface area contributed by atoms with Crippen LogP contribution in [0.5, 0.6) is 0 Å². The molecule has 3 N–H and O–H groups in total. The average Bonchev–Trinajstić information content (AvgIpc) is 2.44. The van der Waals surface area contributed by atoms with Gasteiger partial charge in [0.05, 0.1) is 0 Å². The van der Waals surface area contributed by atoms with Gasteiger partial charge in [-0.3, -0.25) is 14.9 Å². The van der Waals surface area contributed by atoms with Crippen molar-refractivity contribution in [3.63, 3.8) is 0 Å². The van der Waals surface area contributed by atoms with E-state index in [0.29, 0.717) is 6.41 Å². The Morgan fingerprint density at radius 2 is 2.00 bits per heavy atom. The molecule has 0 spiro atoms. The Balaban J connectivity index is 2.21. The van der Waals surface area contributed by atoms with E-state index in [-0.39, 0.29) is 6.54 Å². The van der Waals surface area contributed by atoms with Gasteiger partial charge in [-0.05, 0) is 5.56 Å². The molecular weight excluding hydrogens is 260 g/mol. The van der Waals surface area contributed by atoms with Crippen molar-refractivity contribution >= 4 is 18.3 Å². The lowest BCUT2D eigenvalue weighted by Gasteiger charge is -2.40. The Kier molecular flexibility index (Phi) is 3.99. The molecule has 0 radical (unpaired) electrons. The van der Waals surface area contributed by atoms with Gasteiger partial charge >= 0.3 is 6.03 Å². The highest BCUT2D eigenvalue weighted by atomic mass is 16.2. The van der Waals surface area contributed by atoms with Crippen molar-refractivity contribution in [2.75, 3.05) is 7.05 Å². The van der Waals surface area contributed by atoms with Crippen LogP contribution < -0.4 is 11.1 Å². The van der Waals surface area contributed by atoms with Gasteiger partial charge in [0.2, 0.25) is 6.41 Å². The lowest BCUT2D eigenvalue weighted by atomic mass is 10.1. The summed E-state index contributed by atoms with van der Waals surface area (Å²) in [5, 5.41) is 2.21. The van der Waals surface area contributed by atoms with Gasteiger partial charge in [0.25, 0.3) is 5.91 Å². The van der Waals surface area contributed by atoms with Gasteiger partial charge < -0.3 is 15.5 Å². The second-order valence-corrected chi connectivity index (χ2v) is 4.61. The van der Waals surface area contributed by atoms with E-state index in [1.54, 1.807) is 0 Å². The van der Waals surface area contributed by atoms with E-state index >= 15 is 0 Å². The van der Waals surface area contributed by atoms with Crippen molar-refractivity contribution in [2.45, 2.75) is 18.8 Å². The molecule has 20 heavy (non-hydrogen) atoms. The number of urea groups is 1. The van der Waals surface area contributed by atoms with Gasteiger partial charge in [0.1, 0.15) is 12.2 Å². The summed E-state index contributed by atoms with van der Waals surface area (Å²) >= 11 is 0. The highest BCUT2D eigenvalue weighted by molar-refractivity contribution is 6.00. The van der Waals surface area contributed by atoms with Crippen molar-refractivity contribution < 1.29 is 14.4 Å². The lowest BCUT2D eigenvalue weighted by Crippen LogP contribution is -2.69. The summed E-state index contributed by atoms with van der Waals surface area (Å²) in [4.78, 5) is 37.0. The van der Waals surface area contributed by atoms with Crippen LogP contribution in [0, 0.1) is 0 Å². The van der Waals surface area contributed by atoms with Crippen molar-refractivity contribution in [1.29, 1.82) is 0 Å². The summed E-state index contributed by atoms with van der Waals surface area (Å²) in [7, 11) is 1.45. The number of carbonyl (C=O) groups excluding carboxylic acids is 3. The zero-order chi connectivity index (χ0) is 14.7. The molecule has 1 saturated heterocycles. The summed E-state index contributed by atoms with van der Waals surface area (Å²) in [6.45, 7) is 0.268. The van der Waals surface area contributed by atoms with Gasteiger partial charge in [0.15, 0.2) is 0 Å². The summed E-state index contributed by atoms with van der Waals surface area (Å²) in [6, 6.07) is 7.83. The van der Waals surface area contributed by atoms with E-state index in [1.807, 2.05) is 30.3 Å². The summed E-state index contributed by atoms with van der Waals surface area (Å²) in [5.41, 5.74) is 6.86. The number of hydrogen-bond acceptors (Lipinski definition) is 4. The third kappa shape index (κ3) is 2.62. The fraction of sp³-hybridized carbons (Fsp3) is 0.308. The van der Waals surface area contributed by atoms with E-state index < -0.39 is 24.1 Å². The molecule has 106 valence electrons. The number of hydrogen-bond donors (Lipinski definition) is 2. The molecule has 7 nitrogen and oxygen atoms in total. The molecular formula is C13H16N4O3. The van der Waals surface area contributed by atoms with Crippen LogP contribution in [0.3, 0.4) is 0 Å². The maximum Gasteiger partial charge on any atom is 0.325 e. The van der Waals surface area contributed by atoms with Crippen LogP contribution in [0.4, 0.5) is 4.79 Å². The number of nitrogens with one attached hydrogen (secondary N) is 1.